The highest BCUT2D eigenvalue weighted by atomic mass is 28.4. The Morgan fingerprint density at radius 3 is 2.82 bits per heavy atom. The van der Waals surface area contributed by atoms with Crippen LogP contribution in [0, 0.1) is 0 Å². The summed E-state index contributed by atoms with van der Waals surface area (Å²) in [5.74, 6) is 0. The summed E-state index contributed by atoms with van der Waals surface area (Å²) in [4.78, 5) is 0. The fraction of sp³-hybridized carbons (Fsp3) is 0.556. The normalized spacial score (nSPS) is 38.1. The lowest BCUT2D eigenvalue weighted by atomic mass is 10.2. The van der Waals surface area contributed by atoms with E-state index in [1.165, 1.54) is 12.5 Å². The molecular formula is C9H16OSi. The average molecular weight is 168 g/mol. The Balaban J connectivity index is 2.57. The van der Waals surface area contributed by atoms with Crippen LogP contribution in [0.4, 0.5) is 0 Å². The van der Waals surface area contributed by atoms with E-state index >= 15 is 0 Å². The fourth-order valence-electron chi connectivity index (χ4n) is 1.43. The Hall–Kier alpha value is -0.343. The molecule has 2 heteroatoms. The molecule has 1 saturated heterocycles. The first-order chi connectivity index (χ1) is 5.20. The van der Waals surface area contributed by atoms with Crippen molar-refractivity contribution in [1.29, 1.82) is 0 Å². The topological polar surface area (TPSA) is 9.23 Å². The van der Waals surface area contributed by atoms with Crippen molar-refractivity contribution in [2.75, 3.05) is 0 Å². The molecule has 2 unspecified atom stereocenters. The molecule has 0 aromatic heterocycles. The van der Waals surface area contributed by atoms with Crippen LogP contribution in [-0.2, 0) is 4.43 Å². The van der Waals surface area contributed by atoms with Crippen molar-refractivity contribution < 1.29 is 4.43 Å². The van der Waals surface area contributed by atoms with E-state index in [1.807, 2.05) is 11.8 Å². The minimum absolute atomic E-state index is 0.290. The summed E-state index contributed by atoms with van der Waals surface area (Å²) < 4.78 is 5.88. The van der Waals surface area contributed by atoms with Crippen molar-refractivity contribution in [1.82, 2.24) is 0 Å². The number of hydrogen-bond acceptors (Lipinski definition) is 1. The third-order valence-corrected chi connectivity index (χ3v) is 5.33. The highest BCUT2D eigenvalue weighted by Crippen LogP contribution is 2.26. The highest BCUT2D eigenvalue weighted by molar-refractivity contribution is 6.77. The molecule has 0 saturated carbocycles. The molecule has 1 heterocycles. The van der Waals surface area contributed by atoms with Gasteiger partial charge in [0.05, 0.1) is 6.10 Å². The molecule has 11 heavy (non-hydrogen) atoms. The van der Waals surface area contributed by atoms with Crippen molar-refractivity contribution in [2.24, 2.45) is 0 Å². The van der Waals surface area contributed by atoms with Gasteiger partial charge >= 0.3 is 0 Å². The van der Waals surface area contributed by atoms with Gasteiger partial charge in [0, 0.05) is 0 Å². The van der Waals surface area contributed by atoms with Gasteiger partial charge in [0.2, 0.25) is 8.32 Å². The molecule has 62 valence electrons. The van der Waals surface area contributed by atoms with E-state index in [-0.39, 0.29) is 0 Å². The van der Waals surface area contributed by atoms with E-state index in [2.05, 4.69) is 19.7 Å². The lowest BCUT2D eigenvalue weighted by molar-refractivity contribution is 0.209. The average Bonchev–Trinajstić information content (AvgIpc) is 2.05. The van der Waals surface area contributed by atoms with Crippen LogP contribution in [0.5, 0.6) is 0 Å². The van der Waals surface area contributed by atoms with Crippen LogP contribution in [0.25, 0.3) is 0 Å². The van der Waals surface area contributed by atoms with Crippen LogP contribution in [0.3, 0.4) is 0 Å². The molecule has 0 aromatic rings. The molecular weight excluding hydrogens is 152 g/mol. The first-order valence-corrected chi connectivity index (χ1v) is 6.83. The molecule has 1 fully saturated rings. The van der Waals surface area contributed by atoms with E-state index in [1.54, 1.807) is 0 Å². The summed E-state index contributed by atoms with van der Waals surface area (Å²) in [5, 5.41) is 0. The van der Waals surface area contributed by atoms with E-state index < -0.39 is 8.32 Å². The minimum Gasteiger partial charge on any atom is -0.407 e. The number of hydrogen-bond donors (Lipinski definition) is 0. The first-order valence-electron chi connectivity index (χ1n) is 4.14. The van der Waals surface area contributed by atoms with Gasteiger partial charge < -0.3 is 4.43 Å². The first kappa shape index (κ1) is 8.75. The summed E-state index contributed by atoms with van der Waals surface area (Å²) >= 11 is 0. The minimum atomic E-state index is -1.50. The third-order valence-electron chi connectivity index (χ3n) is 2.28. The lowest BCUT2D eigenvalue weighted by Gasteiger charge is -2.33. The highest BCUT2D eigenvalue weighted by Gasteiger charge is 2.31. The van der Waals surface area contributed by atoms with Gasteiger partial charge in [-0.05, 0) is 19.0 Å². The molecule has 0 spiro atoms. The van der Waals surface area contributed by atoms with Crippen LogP contribution in [-0.4, -0.2) is 14.4 Å². The van der Waals surface area contributed by atoms with Gasteiger partial charge in [-0.1, -0.05) is 18.2 Å². The fourth-order valence-corrected chi connectivity index (χ4v) is 3.66. The van der Waals surface area contributed by atoms with Crippen LogP contribution < -0.4 is 0 Å². The van der Waals surface area contributed by atoms with E-state index in [0.717, 1.165) is 6.42 Å². The number of rotatable bonds is 2. The Morgan fingerprint density at radius 1 is 1.55 bits per heavy atom. The summed E-state index contributed by atoms with van der Waals surface area (Å²) in [6.45, 7) is 9.79. The van der Waals surface area contributed by atoms with Crippen LogP contribution in [0.2, 0.25) is 12.6 Å². The maximum atomic E-state index is 5.88. The van der Waals surface area contributed by atoms with Crippen LogP contribution in [0.1, 0.15) is 12.8 Å². The molecule has 0 aromatic carbocycles. The van der Waals surface area contributed by atoms with Gasteiger partial charge in [-0.25, -0.2) is 0 Å². The smallest absolute Gasteiger partial charge is 0.214 e. The largest absolute Gasteiger partial charge is 0.407 e. The maximum absolute atomic E-state index is 5.88. The second-order valence-electron chi connectivity index (χ2n) is 3.30. The second kappa shape index (κ2) is 3.37. The zero-order valence-corrected chi connectivity index (χ0v) is 8.18. The Bertz CT molecular complexity index is 167. The van der Waals surface area contributed by atoms with Gasteiger partial charge in [0.1, 0.15) is 0 Å². The molecule has 1 aliphatic heterocycles. The van der Waals surface area contributed by atoms with Gasteiger partial charge in [0.25, 0.3) is 0 Å². The van der Waals surface area contributed by atoms with Crippen molar-refractivity contribution in [3.8, 4) is 0 Å². The quantitative estimate of drug-likeness (QED) is 0.455. The molecule has 2 atom stereocenters. The lowest BCUT2D eigenvalue weighted by Crippen LogP contribution is -2.39. The predicted octanol–water partition coefficient (Wildman–Crippen LogP) is 2.65. The summed E-state index contributed by atoms with van der Waals surface area (Å²) in [6, 6.07) is 1.22. The Morgan fingerprint density at radius 2 is 2.27 bits per heavy atom. The Labute approximate surface area is 69.9 Å². The van der Waals surface area contributed by atoms with Crippen molar-refractivity contribution >= 4 is 8.32 Å². The molecule has 0 aliphatic carbocycles. The van der Waals surface area contributed by atoms with Crippen molar-refractivity contribution in [3.63, 3.8) is 0 Å². The summed E-state index contributed by atoms with van der Waals surface area (Å²) in [5.41, 5.74) is 2.03. The molecule has 0 bridgehead atoms. The maximum Gasteiger partial charge on any atom is 0.214 e. The van der Waals surface area contributed by atoms with Gasteiger partial charge in [-0.3, -0.25) is 0 Å². The SMILES string of the molecule is C=CC1CCC[Si](C)(C=C)O1. The zero-order valence-electron chi connectivity index (χ0n) is 7.18. The monoisotopic (exact) mass is 168 g/mol. The molecule has 1 nitrogen and oxygen atoms in total. The van der Waals surface area contributed by atoms with Crippen molar-refractivity contribution in [2.45, 2.75) is 31.5 Å². The molecule has 0 amide bonds. The van der Waals surface area contributed by atoms with Gasteiger partial charge in [-0.15, -0.1) is 13.2 Å². The summed E-state index contributed by atoms with van der Waals surface area (Å²) in [6.07, 6.45) is 4.61. The third kappa shape index (κ3) is 2.04. The zero-order chi connectivity index (χ0) is 8.32. The summed E-state index contributed by atoms with van der Waals surface area (Å²) in [7, 11) is -1.50. The van der Waals surface area contributed by atoms with E-state index in [0.29, 0.717) is 6.10 Å². The predicted molar refractivity (Wildman–Crippen MR) is 50.9 cm³/mol. The standard InChI is InChI=1S/C9H16OSi/c1-4-9-7-6-8-11(3,5-2)10-9/h4-5,9H,1-2,6-8H2,3H3. The second-order valence-corrected chi connectivity index (χ2v) is 7.07. The van der Waals surface area contributed by atoms with Crippen LogP contribution in [0.15, 0.2) is 24.9 Å². The van der Waals surface area contributed by atoms with E-state index in [4.69, 9.17) is 4.43 Å². The van der Waals surface area contributed by atoms with E-state index in [9.17, 15) is 0 Å². The molecule has 1 aliphatic rings. The van der Waals surface area contributed by atoms with Crippen LogP contribution >= 0.6 is 0 Å². The molecule has 0 N–H and O–H groups in total. The molecule has 0 radical (unpaired) electrons. The van der Waals surface area contributed by atoms with Gasteiger partial charge in [0.15, 0.2) is 0 Å². The Kier molecular flexibility index (Phi) is 2.68. The van der Waals surface area contributed by atoms with Crippen molar-refractivity contribution in [3.05, 3.63) is 24.9 Å². The van der Waals surface area contributed by atoms with Gasteiger partial charge in [-0.2, -0.15) is 0 Å². The molecule has 1 rings (SSSR count).